The lowest BCUT2D eigenvalue weighted by Crippen LogP contribution is -2.60. The summed E-state index contributed by atoms with van der Waals surface area (Å²) in [5.41, 5.74) is 0. The number of carbonyl (C=O) groups is 1. The number of carbonyl (C=O) groups excluding carboxylic acids is 1. The van der Waals surface area contributed by atoms with Gasteiger partial charge < -0.3 is 19.7 Å². The Balaban J connectivity index is 2.25. The largest absolute Gasteiger partial charge is 0.467 e. The van der Waals surface area contributed by atoms with E-state index in [-0.39, 0.29) is 22.5 Å². The Morgan fingerprint density at radius 1 is 1.42 bits per heavy atom. The van der Waals surface area contributed by atoms with Crippen molar-refractivity contribution in [3.05, 3.63) is 0 Å². The van der Waals surface area contributed by atoms with Crippen molar-refractivity contribution in [3.8, 4) is 0 Å². The fourth-order valence-corrected chi connectivity index (χ4v) is 6.35. The van der Waals surface area contributed by atoms with Crippen LogP contribution in [-0.2, 0) is 14.3 Å². The maximum absolute atomic E-state index is 11.5. The Labute approximate surface area is 121 Å². The normalized spacial score (nSPS) is 39.2. The Bertz CT molecular complexity index is 358. The van der Waals surface area contributed by atoms with E-state index in [2.05, 4.69) is 11.7 Å². The van der Waals surface area contributed by atoms with E-state index in [9.17, 15) is 15.0 Å². The summed E-state index contributed by atoms with van der Waals surface area (Å²) in [5, 5.41) is 20.5. The van der Waals surface area contributed by atoms with Crippen LogP contribution in [0.3, 0.4) is 0 Å². The number of aliphatic hydroxyl groups is 2. The minimum atomic E-state index is -1.87. The highest BCUT2D eigenvalue weighted by molar-refractivity contribution is 8.21. The van der Waals surface area contributed by atoms with Gasteiger partial charge in [-0.15, -0.1) is 23.5 Å². The second kappa shape index (κ2) is 5.44. The summed E-state index contributed by atoms with van der Waals surface area (Å²) >= 11 is 3.55. The van der Waals surface area contributed by atoms with E-state index in [1.165, 1.54) is 7.11 Å². The number of methoxy groups -OCH3 is 1. The third-order valence-electron chi connectivity index (χ3n) is 3.92. The average molecular weight is 308 g/mol. The van der Waals surface area contributed by atoms with Gasteiger partial charge in [0.1, 0.15) is 0 Å². The second-order valence-corrected chi connectivity index (χ2v) is 8.18. The van der Waals surface area contributed by atoms with Crippen LogP contribution in [0.1, 0.15) is 20.3 Å². The Hall–Kier alpha value is 0.0500. The first-order chi connectivity index (χ1) is 8.84. The Morgan fingerprint density at radius 3 is 2.53 bits per heavy atom. The first-order valence-electron chi connectivity index (χ1n) is 6.28. The smallest absolute Gasteiger partial charge is 0.340 e. The van der Waals surface area contributed by atoms with Crippen molar-refractivity contribution >= 4 is 29.5 Å². The molecular weight excluding hydrogens is 288 g/mol. The minimum Gasteiger partial charge on any atom is -0.467 e. The lowest BCUT2D eigenvalue weighted by Gasteiger charge is -2.50. The summed E-state index contributed by atoms with van der Waals surface area (Å²) in [6.45, 7) is 3.94. The molecule has 0 aliphatic carbocycles. The second-order valence-electron chi connectivity index (χ2n) is 5.07. The van der Waals surface area contributed by atoms with Gasteiger partial charge in [-0.2, -0.15) is 0 Å². The predicted octanol–water partition coefficient (Wildman–Crippen LogP) is 0.830. The van der Waals surface area contributed by atoms with Crippen LogP contribution in [0.5, 0.6) is 0 Å². The van der Waals surface area contributed by atoms with Crippen LogP contribution in [0.15, 0.2) is 0 Å². The van der Waals surface area contributed by atoms with E-state index in [0.29, 0.717) is 0 Å². The molecule has 0 unspecified atom stereocenters. The molecule has 0 bridgehead atoms. The first-order valence-corrected chi connectivity index (χ1v) is 8.26. The van der Waals surface area contributed by atoms with Crippen LogP contribution in [-0.4, -0.2) is 56.9 Å². The molecule has 0 aromatic heterocycles. The number of thioether (sulfide) groups is 2. The number of hydrogen-bond donors (Lipinski definition) is 2. The Kier molecular flexibility index (Phi) is 4.42. The molecule has 0 aromatic carbocycles. The van der Waals surface area contributed by atoms with Gasteiger partial charge in [0.05, 0.1) is 17.3 Å². The quantitative estimate of drug-likeness (QED) is 0.732. The molecule has 1 spiro atoms. The molecule has 7 heteroatoms. The fraction of sp³-hybridized carbons (Fsp3) is 0.917. The van der Waals surface area contributed by atoms with E-state index >= 15 is 0 Å². The molecule has 2 fully saturated rings. The zero-order chi connectivity index (χ0) is 14.3. The molecule has 0 amide bonds. The van der Waals surface area contributed by atoms with Crippen molar-refractivity contribution in [2.45, 2.75) is 42.3 Å². The Morgan fingerprint density at radius 2 is 2.00 bits per heavy atom. The molecule has 4 atom stereocenters. The van der Waals surface area contributed by atoms with Crippen LogP contribution in [0.4, 0.5) is 0 Å². The monoisotopic (exact) mass is 308 g/mol. The molecular formula is C12H20O5S2. The summed E-state index contributed by atoms with van der Waals surface area (Å²) in [4.78, 5) is 11.5. The van der Waals surface area contributed by atoms with Crippen molar-refractivity contribution in [2.24, 2.45) is 5.92 Å². The van der Waals surface area contributed by atoms with Gasteiger partial charge in [-0.05, 0) is 6.92 Å². The zero-order valence-electron chi connectivity index (χ0n) is 11.3. The van der Waals surface area contributed by atoms with E-state index in [1.54, 1.807) is 23.5 Å². The molecule has 2 aliphatic rings. The molecule has 2 rings (SSSR count). The number of esters is 1. The topological polar surface area (TPSA) is 76.0 Å². The summed E-state index contributed by atoms with van der Waals surface area (Å²) in [6, 6.07) is 0. The standard InChI is InChI=1S/C12H20O5S2/c1-7-8(2)17-11(15,9(13)10(14)16-3)6-12(7)18-4-5-19-12/h7-9,13,15H,4-6H2,1-3H3/t7-,8+,9+,11+/m0/s1. The molecule has 19 heavy (non-hydrogen) atoms. The molecule has 2 heterocycles. The van der Waals surface area contributed by atoms with Crippen LogP contribution >= 0.6 is 23.5 Å². The van der Waals surface area contributed by atoms with E-state index in [1.807, 2.05) is 6.92 Å². The minimum absolute atomic E-state index is 0.207. The highest BCUT2D eigenvalue weighted by atomic mass is 32.2. The summed E-state index contributed by atoms with van der Waals surface area (Å²) in [5.74, 6) is -0.496. The number of aliphatic hydroxyl groups excluding tert-OH is 1. The number of hydrogen-bond acceptors (Lipinski definition) is 7. The van der Waals surface area contributed by atoms with E-state index < -0.39 is 17.9 Å². The van der Waals surface area contributed by atoms with Crippen LogP contribution in [0.2, 0.25) is 0 Å². The summed E-state index contributed by atoms with van der Waals surface area (Å²) in [7, 11) is 1.18. The van der Waals surface area contributed by atoms with Crippen LogP contribution < -0.4 is 0 Å². The van der Waals surface area contributed by atoms with Gasteiger partial charge in [0.15, 0.2) is 0 Å². The van der Waals surface area contributed by atoms with Crippen molar-refractivity contribution in [1.29, 1.82) is 0 Å². The lowest BCUT2D eigenvalue weighted by molar-refractivity contribution is -0.300. The molecule has 2 saturated heterocycles. The van der Waals surface area contributed by atoms with Gasteiger partial charge in [-0.3, -0.25) is 0 Å². The highest BCUT2D eigenvalue weighted by Crippen LogP contribution is 2.58. The molecule has 0 saturated carbocycles. The van der Waals surface area contributed by atoms with Crippen LogP contribution in [0, 0.1) is 5.92 Å². The molecule has 0 radical (unpaired) electrons. The fourth-order valence-electron chi connectivity index (χ4n) is 2.63. The number of ether oxygens (including phenoxy) is 2. The van der Waals surface area contributed by atoms with Gasteiger partial charge in [-0.1, -0.05) is 6.92 Å². The summed E-state index contributed by atoms with van der Waals surface area (Å²) in [6.07, 6.45) is -1.70. The van der Waals surface area contributed by atoms with Gasteiger partial charge >= 0.3 is 5.97 Å². The van der Waals surface area contributed by atoms with Gasteiger partial charge in [-0.25, -0.2) is 4.79 Å². The molecule has 5 nitrogen and oxygen atoms in total. The molecule has 110 valence electrons. The zero-order valence-corrected chi connectivity index (χ0v) is 12.9. The van der Waals surface area contributed by atoms with Crippen molar-refractivity contribution in [3.63, 3.8) is 0 Å². The lowest BCUT2D eigenvalue weighted by atomic mass is 9.88. The van der Waals surface area contributed by atoms with Crippen molar-refractivity contribution in [1.82, 2.24) is 0 Å². The number of rotatable bonds is 2. The third kappa shape index (κ3) is 2.63. The van der Waals surface area contributed by atoms with Gasteiger partial charge in [0, 0.05) is 23.8 Å². The van der Waals surface area contributed by atoms with E-state index in [4.69, 9.17) is 4.74 Å². The SMILES string of the molecule is COC(=O)[C@@H](O)[C@@]1(O)CC2(SCCS2)[C@@H](C)[C@@H](C)O1. The van der Waals surface area contributed by atoms with Crippen molar-refractivity contribution < 1.29 is 24.5 Å². The van der Waals surface area contributed by atoms with Crippen molar-refractivity contribution in [2.75, 3.05) is 18.6 Å². The first kappa shape index (κ1) is 15.4. The highest BCUT2D eigenvalue weighted by Gasteiger charge is 2.58. The van der Waals surface area contributed by atoms with Gasteiger partial charge in [0.2, 0.25) is 11.9 Å². The average Bonchev–Trinajstić information content (AvgIpc) is 2.83. The maximum atomic E-state index is 11.5. The molecule has 2 N–H and O–H groups in total. The predicted molar refractivity (Wildman–Crippen MR) is 74.9 cm³/mol. The molecule has 0 aromatic rings. The third-order valence-corrected chi connectivity index (χ3v) is 7.71. The maximum Gasteiger partial charge on any atom is 0.340 e. The van der Waals surface area contributed by atoms with Crippen LogP contribution in [0.25, 0.3) is 0 Å². The molecule has 2 aliphatic heterocycles. The summed E-state index contributed by atoms with van der Waals surface area (Å²) < 4.78 is 9.83. The van der Waals surface area contributed by atoms with E-state index in [0.717, 1.165) is 11.5 Å². The van der Waals surface area contributed by atoms with Gasteiger partial charge in [0.25, 0.3) is 0 Å².